The maximum absolute atomic E-state index is 12.0. The van der Waals surface area contributed by atoms with Crippen LogP contribution in [0.4, 0.5) is 0 Å². The topological polar surface area (TPSA) is 47.6 Å². The molecule has 0 radical (unpaired) electrons. The average molecular weight is 354 g/mol. The lowest BCUT2D eigenvalue weighted by Gasteiger charge is -2.15. The Hall–Kier alpha value is -1.91. The molecule has 1 amide bonds. The number of carbonyl (C=O) groups is 1. The van der Waals surface area contributed by atoms with Gasteiger partial charge in [-0.25, -0.2) is 0 Å². The molecule has 0 bridgehead atoms. The highest BCUT2D eigenvalue weighted by Crippen LogP contribution is 2.22. The quantitative estimate of drug-likeness (QED) is 0.766. The summed E-state index contributed by atoms with van der Waals surface area (Å²) >= 11 is 11.8. The van der Waals surface area contributed by atoms with E-state index >= 15 is 0 Å². The molecule has 0 aromatic heterocycles. The number of amides is 1. The first-order valence-electron chi connectivity index (χ1n) is 7.13. The minimum atomic E-state index is -0.631. The predicted molar refractivity (Wildman–Crippen MR) is 91.5 cm³/mol. The van der Waals surface area contributed by atoms with E-state index in [-0.39, 0.29) is 5.91 Å². The van der Waals surface area contributed by atoms with Gasteiger partial charge in [0.05, 0.1) is 11.6 Å². The Morgan fingerprint density at radius 3 is 2.70 bits per heavy atom. The average Bonchev–Trinajstić information content (AvgIpc) is 2.53. The number of nitrogens with one attached hydrogen (secondary N) is 1. The van der Waals surface area contributed by atoms with Crippen LogP contribution in [0.15, 0.2) is 48.5 Å². The van der Waals surface area contributed by atoms with Crippen molar-refractivity contribution < 1.29 is 14.3 Å². The van der Waals surface area contributed by atoms with Crippen molar-refractivity contribution in [3.05, 3.63) is 58.6 Å². The minimum Gasteiger partial charge on any atom is -0.490 e. The number of para-hydroxylation sites is 1. The van der Waals surface area contributed by atoms with Gasteiger partial charge in [-0.2, -0.15) is 0 Å². The van der Waals surface area contributed by atoms with Gasteiger partial charge in [0.1, 0.15) is 18.1 Å². The van der Waals surface area contributed by atoms with Crippen molar-refractivity contribution in [2.45, 2.75) is 13.0 Å². The van der Waals surface area contributed by atoms with E-state index in [4.69, 9.17) is 32.7 Å². The lowest BCUT2D eigenvalue weighted by molar-refractivity contribution is -0.127. The molecule has 0 saturated heterocycles. The molecule has 0 unspecified atom stereocenters. The number of carbonyl (C=O) groups excluding carboxylic acids is 1. The Morgan fingerprint density at radius 2 is 1.96 bits per heavy atom. The number of hydrogen-bond acceptors (Lipinski definition) is 3. The molecule has 23 heavy (non-hydrogen) atoms. The van der Waals surface area contributed by atoms with Crippen molar-refractivity contribution >= 4 is 29.1 Å². The summed E-state index contributed by atoms with van der Waals surface area (Å²) in [6.45, 7) is 2.35. The first kappa shape index (κ1) is 17.4. The first-order chi connectivity index (χ1) is 11.1. The van der Waals surface area contributed by atoms with E-state index in [2.05, 4.69) is 5.32 Å². The Bertz CT molecular complexity index is 664. The fourth-order valence-corrected chi connectivity index (χ4v) is 2.21. The van der Waals surface area contributed by atoms with Gasteiger partial charge in [0, 0.05) is 5.02 Å². The zero-order valence-electron chi connectivity index (χ0n) is 12.6. The molecule has 0 saturated carbocycles. The third-order valence-electron chi connectivity index (χ3n) is 2.97. The van der Waals surface area contributed by atoms with E-state index in [9.17, 15) is 4.79 Å². The minimum absolute atomic E-state index is 0.229. The maximum atomic E-state index is 12.0. The summed E-state index contributed by atoms with van der Waals surface area (Å²) in [4.78, 5) is 12.0. The van der Waals surface area contributed by atoms with E-state index < -0.39 is 6.10 Å². The van der Waals surface area contributed by atoms with Gasteiger partial charge in [-0.05, 0) is 37.3 Å². The second-order valence-corrected chi connectivity index (χ2v) is 5.63. The second-order valence-electron chi connectivity index (χ2n) is 4.79. The highest BCUT2D eigenvalue weighted by atomic mass is 35.5. The molecule has 1 atom stereocenters. The van der Waals surface area contributed by atoms with E-state index in [0.29, 0.717) is 34.7 Å². The van der Waals surface area contributed by atoms with Crippen LogP contribution >= 0.6 is 23.2 Å². The molecular formula is C17H17Cl2NO3. The van der Waals surface area contributed by atoms with Crippen LogP contribution < -0.4 is 14.8 Å². The zero-order valence-corrected chi connectivity index (χ0v) is 14.1. The van der Waals surface area contributed by atoms with Crippen LogP contribution in [0.3, 0.4) is 0 Å². The van der Waals surface area contributed by atoms with Crippen molar-refractivity contribution in [1.29, 1.82) is 0 Å². The van der Waals surface area contributed by atoms with Crippen molar-refractivity contribution in [2.24, 2.45) is 0 Å². The van der Waals surface area contributed by atoms with Crippen molar-refractivity contribution in [1.82, 2.24) is 5.32 Å². The number of hydrogen-bond donors (Lipinski definition) is 1. The second kappa shape index (κ2) is 8.65. The van der Waals surface area contributed by atoms with Gasteiger partial charge in [0.15, 0.2) is 6.10 Å². The molecule has 2 aromatic carbocycles. The van der Waals surface area contributed by atoms with Crippen LogP contribution in [0.5, 0.6) is 11.5 Å². The molecule has 0 aliphatic rings. The summed E-state index contributed by atoms with van der Waals surface area (Å²) in [5, 5.41) is 3.84. The molecule has 6 heteroatoms. The molecule has 4 nitrogen and oxygen atoms in total. The number of rotatable bonds is 7. The molecule has 0 aliphatic heterocycles. The standard InChI is InChI=1S/C17H17Cl2NO3/c1-12(23-14-6-4-5-13(18)11-14)17(21)20-9-10-22-16-8-3-2-7-15(16)19/h2-8,11-12H,9-10H2,1H3,(H,20,21)/t12-/m1/s1. The molecule has 0 heterocycles. The van der Waals surface area contributed by atoms with Gasteiger partial charge in [-0.15, -0.1) is 0 Å². The highest BCUT2D eigenvalue weighted by Gasteiger charge is 2.14. The lowest BCUT2D eigenvalue weighted by Crippen LogP contribution is -2.38. The van der Waals surface area contributed by atoms with Gasteiger partial charge in [-0.1, -0.05) is 41.4 Å². The Labute approximate surface area is 145 Å². The first-order valence-corrected chi connectivity index (χ1v) is 7.89. The van der Waals surface area contributed by atoms with Crippen LogP contribution in [0, 0.1) is 0 Å². The Kier molecular flexibility index (Phi) is 6.56. The molecule has 0 fully saturated rings. The van der Waals surface area contributed by atoms with E-state index in [1.54, 1.807) is 43.3 Å². The van der Waals surface area contributed by atoms with Gasteiger partial charge in [-0.3, -0.25) is 4.79 Å². The highest BCUT2D eigenvalue weighted by molar-refractivity contribution is 6.32. The third kappa shape index (κ3) is 5.66. The monoisotopic (exact) mass is 353 g/mol. The van der Waals surface area contributed by atoms with Gasteiger partial charge in [0.25, 0.3) is 5.91 Å². The molecule has 0 aliphatic carbocycles. The fraction of sp³-hybridized carbons (Fsp3) is 0.235. The van der Waals surface area contributed by atoms with Crippen LogP contribution in [-0.4, -0.2) is 25.2 Å². The summed E-state index contributed by atoms with van der Waals surface area (Å²) in [5.74, 6) is 0.909. The van der Waals surface area contributed by atoms with Crippen molar-refractivity contribution in [3.8, 4) is 11.5 Å². The van der Waals surface area contributed by atoms with Gasteiger partial charge >= 0.3 is 0 Å². The summed E-state index contributed by atoms with van der Waals surface area (Å²) in [6, 6.07) is 14.1. The van der Waals surface area contributed by atoms with Gasteiger partial charge in [0.2, 0.25) is 0 Å². The largest absolute Gasteiger partial charge is 0.490 e. The molecule has 122 valence electrons. The molecular weight excluding hydrogens is 337 g/mol. The summed E-state index contributed by atoms with van der Waals surface area (Å²) < 4.78 is 11.0. The number of halogens is 2. The molecule has 2 rings (SSSR count). The van der Waals surface area contributed by atoms with E-state index in [0.717, 1.165) is 0 Å². The maximum Gasteiger partial charge on any atom is 0.260 e. The van der Waals surface area contributed by atoms with Crippen LogP contribution in [0.1, 0.15) is 6.92 Å². The van der Waals surface area contributed by atoms with E-state index in [1.165, 1.54) is 0 Å². The lowest BCUT2D eigenvalue weighted by atomic mass is 10.3. The Balaban J connectivity index is 1.73. The Morgan fingerprint density at radius 1 is 1.17 bits per heavy atom. The van der Waals surface area contributed by atoms with Crippen LogP contribution in [0.25, 0.3) is 0 Å². The normalized spacial score (nSPS) is 11.6. The summed E-state index contributed by atoms with van der Waals surface area (Å²) in [6.07, 6.45) is -0.631. The van der Waals surface area contributed by atoms with E-state index in [1.807, 2.05) is 12.1 Å². The van der Waals surface area contributed by atoms with Gasteiger partial charge < -0.3 is 14.8 Å². The summed E-state index contributed by atoms with van der Waals surface area (Å²) in [7, 11) is 0. The van der Waals surface area contributed by atoms with Crippen molar-refractivity contribution in [3.63, 3.8) is 0 Å². The summed E-state index contributed by atoms with van der Waals surface area (Å²) in [5.41, 5.74) is 0. The SMILES string of the molecule is C[C@@H](Oc1cccc(Cl)c1)C(=O)NCCOc1ccccc1Cl. The van der Waals surface area contributed by atoms with Crippen molar-refractivity contribution in [2.75, 3.05) is 13.2 Å². The number of ether oxygens (including phenoxy) is 2. The number of benzene rings is 2. The fourth-order valence-electron chi connectivity index (χ4n) is 1.84. The predicted octanol–water partition coefficient (Wildman–Crippen LogP) is 3.96. The smallest absolute Gasteiger partial charge is 0.260 e. The molecule has 1 N–H and O–H groups in total. The molecule has 0 spiro atoms. The zero-order chi connectivity index (χ0) is 16.7. The molecule has 2 aromatic rings. The van der Waals surface area contributed by atoms with Crippen LogP contribution in [-0.2, 0) is 4.79 Å². The third-order valence-corrected chi connectivity index (χ3v) is 3.52. The van der Waals surface area contributed by atoms with Crippen LogP contribution in [0.2, 0.25) is 10.0 Å².